The predicted octanol–water partition coefficient (Wildman–Crippen LogP) is 2.56. The van der Waals surface area contributed by atoms with Crippen molar-refractivity contribution in [3.63, 3.8) is 0 Å². The highest BCUT2D eigenvalue weighted by molar-refractivity contribution is 7.84. The molecule has 1 saturated heterocycles. The first-order chi connectivity index (χ1) is 11.1. The number of aromatic amines is 1. The van der Waals surface area contributed by atoms with E-state index in [0.717, 1.165) is 42.2 Å². The minimum absolute atomic E-state index is 0.0848. The van der Waals surface area contributed by atoms with Crippen LogP contribution in [0.15, 0.2) is 41.4 Å². The van der Waals surface area contributed by atoms with Gasteiger partial charge in [-0.25, -0.2) is 4.79 Å². The smallest absolute Gasteiger partial charge is 0.321 e. The summed E-state index contributed by atoms with van der Waals surface area (Å²) in [4.78, 5) is 14.9. The minimum Gasteiger partial charge on any atom is -0.324 e. The van der Waals surface area contributed by atoms with Gasteiger partial charge in [-0.05, 0) is 43.2 Å². The van der Waals surface area contributed by atoms with Gasteiger partial charge in [-0.15, -0.1) is 0 Å². The maximum atomic E-state index is 12.3. The minimum atomic E-state index is -1.00. The second kappa shape index (κ2) is 6.95. The van der Waals surface area contributed by atoms with Gasteiger partial charge in [0.05, 0.1) is 0 Å². The first kappa shape index (κ1) is 15.7. The number of likely N-dealkylation sites (tertiary alicyclic amines) is 1. The normalized spacial score (nSPS) is 17.0. The maximum absolute atomic E-state index is 12.3. The Hall–Kier alpha value is -2.15. The third-order valence-electron chi connectivity index (χ3n) is 4.18. The Balaban J connectivity index is 1.54. The van der Waals surface area contributed by atoms with Gasteiger partial charge in [-0.1, -0.05) is 0 Å². The molecule has 7 heteroatoms. The van der Waals surface area contributed by atoms with E-state index >= 15 is 0 Å². The van der Waals surface area contributed by atoms with Crippen LogP contribution in [0, 0.1) is 0 Å². The largest absolute Gasteiger partial charge is 0.324 e. The van der Waals surface area contributed by atoms with Crippen LogP contribution in [0.3, 0.4) is 0 Å². The van der Waals surface area contributed by atoms with Crippen LogP contribution in [-0.2, 0) is 10.8 Å². The first-order valence-corrected chi connectivity index (χ1v) is 9.18. The monoisotopic (exact) mass is 332 g/mol. The van der Waals surface area contributed by atoms with E-state index in [4.69, 9.17) is 0 Å². The number of aromatic nitrogens is 2. The third-order valence-corrected chi connectivity index (χ3v) is 5.12. The summed E-state index contributed by atoms with van der Waals surface area (Å²) >= 11 is 0. The highest BCUT2D eigenvalue weighted by atomic mass is 32.2. The molecule has 1 aromatic heterocycles. The van der Waals surface area contributed by atoms with E-state index in [-0.39, 0.29) is 6.03 Å². The molecule has 0 bridgehead atoms. The van der Waals surface area contributed by atoms with Crippen LogP contribution in [0.2, 0.25) is 0 Å². The topological polar surface area (TPSA) is 78.1 Å². The lowest BCUT2D eigenvalue weighted by Gasteiger charge is -2.31. The fraction of sp³-hybridized carbons (Fsp3) is 0.375. The van der Waals surface area contributed by atoms with Gasteiger partial charge in [-0.3, -0.25) is 9.31 Å². The van der Waals surface area contributed by atoms with Crippen LogP contribution in [0.25, 0.3) is 0 Å². The average Bonchev–Trinajstić information content (AvgIpc) is 3.10. The molecule has 2 aromatic rings. The van der Waals surface area contributed by atoms with Crippen LogP contribution in [-0.4, -0.2) is 44.7 Å². The van der Waals surface area contributed by atoms with Crippen molar-refractivity contribution in [2.75, 3.05) is 24.7 Å². The predicted molar refractivity (Wildman–Crippen MR) is 89.9 cm³/mol. The molecule has 2 heterocycles. The lowest BCUT2D eigenvalue weighted by atomic mass is 9.94. The lowest BCUT2D eigenvalue weighted by Crippen LogP contribution is -2.40. The van der Waals surface area contributed by atoms with E-state index in [0.29, 0.717) is 5.92 Å². The second-order valence-corrected chi connectivity index (χ2v) is 7.06. The average molecular weight is 332 g/mol. The number of urea groups is 1. The Bertz CT molecular complexity index is 677. The Kier molecular flexibility index (Phi) is 4.76. The molecule has 1 fully saturated rings. The van der Waals surface area contributed by atoms with Crippen molar-refractivity contribution in [3.8, 4) is 0 Å². The number of hydrogen-bond donors (Lipinski definition) is 2. The number of rotatable bonds is 3. The summed E-state index contributed by atoms with van der Waals surface area (Å²) in [6, 6.07) is 9.03. The molecule has 1 aliphatic heterocycles. The number of benzene rings is 1. The van der Waals surface area contributed by atoms with E-state index in [2.05, 4.69) is 15.5 Å². The molecule has 3 rings (SSSR count). The lowest BCUT2D eigenvalue weighted by molar-refractivity contribution is 0.194. The summed E-state index contributed by atoms with van der Waals surface area (Å²) in [6.45, 7) is 1.46. The molecule has 23 heavy (non-hydrogen) atoms. The molecule has 1 aromatic carbocycles. The number of carbonyl (C=O) groups is 1. The van der Waals surface area contributed by atoms with Crippen molar-refractivity contribution >= 4 is 22.5 Å². The molecule has 0 aliphatic carbocycles. The number of amides is 2. The van der Waals surface area contributed by atoms with E-state index in [1.165, 1.54) is 0 Å². The molecule has 122 valence electrons. The fourth-order valence-electron chi connectivity index (χ4n) is 2.82. The van der Waals surface area contributed by atoms with Crippen molar-refractivity contribution < 1.29 is 9.00 Å². The molecule has 2 N–H and O–H groups in total. The van der Waals surface area contributed by atoms with E-state index in [1.807, 2.05) is 11.0 Å². The molecule has 0 saturated carbocycles. The van der Waals surface area contributed by atoms with Gasteiger partial charge in [0.1, 0.15) is 0 Å². The zero-order valence-electron chi connectivity index (χ0n) is 13.0. The van der Waals surface area contributed by atoms with Gasteiger partial charge in [0.2, 0.25) is 0 Å². The number of piperidine rings is 1. The van der Waals surface area contributed by atoms with Gasteiger partial charge in [0.25, 0.3) is 0 Å². The summed E-state index contributed by atoms with van der Waals surface area (Å²) in [5, 5.41) is 9.89. The van der Waals surface area contributed by atoms with E-state index < -0.39 is 10.8 Å². The molecule has 1 atom stereocenters. The van der Waals surface area contributed by atoms with Crippen molar-refractivity contribution in [1.29, 1.82) is 0 Å². The first-order valence-electron chi connectivity index (χ1n) is 7.62. The van der Waals surface area contributed by atoms with E-state index in [9.17, 15) is 9.00 Å². The summed E-state index contributed by atoms with van der Waals surface area (Å²) in [5.41, 5.74) is 1.87. The molecule has 1 aliphatic rings. The Morgan fingerprint density at radius 2 is 1.96 bits per heavy atom. The standard InChI is InChI=1S/C16H20N4O2S/c1-23(22)14-4-2-13(3-5-14)18-16(21)20-10-7-12(8-11-20)15-6-9-17-19-15/h2-6,9,12H,7-8,10-11H2,1H3,(H,17,19)(H,18,21)/t23-/m1/s1. The van der Waals surface area contributed by atoms with Crippen molar-refractivity contribution in [1.82, 2.24) is 15.1 Å². The molecular weight excluding hydrogens is 312 g/mol. The number of H-pyrrole nitrogens is 1. The van der Waals surface area contributed by atoms with Gasteiger partial charge in [0, 0.05) is 58.5 Å². The summed E-state index contributed by atoms with van der Waals surface area (Å²) in [6.07, 6.45) is 5.27. The van der Waals surface area contributed by atoms with Crippen LogP contribution in [0.5, 0.6) is 0 Å². The molecule has 0 radical (unpaired) electrons. The molecular formula is C16H20N4O2S. The Morgan fingerprint density at radius 3 is 2.52 bits per heavy atom. The third kappa shape index (κ3) is 3.79. The SMILES string of the molecule is C[S@@](=O)c1ccc(NC(=O)N2CCC(c3ccn[nH]3)CC2)cc1. The van der Waals surface area contributed by atoms with Crippen molar-refractivity contribution in [2.45, 2.75) is 23.7 Å². The van der Waals surface area contributed by atoms with Gasteiger partial charge in [-0.2, -0.15) is 5.10 Å². The van der Waals surface area contributed by atoms with Crippen LogP contribution in [0.4, 0.5) is 10.5 Å². The fourth-order valence-corrected chi connectivity index (χ4v) is 3.34. The zero-order chi connectivity index (χ0) is 16.2. The molecule has 0 spiro atoms. The number of nitrogens with one attached hydrogen (secondary N) is 2. The summed E-state index contributed by atoms with van der Waals surface area (Å²) < 4.78 is 11.4. The summed E-state index contributed by atoms with van der Waals surface area (Å²) in [7, 11) is -1.00. The maximum Gasteiger partial charge on any atom is 0.321 e. The highest BCUT2D eigenvalue weighted by Crippen LogP contribution is 2.26. The number of nitrogens with zero attached hydrogens (tertiary/aromatic N) is 2. The number of hydrogen-bond acceptors (Lipinski definition) is 3. The quantitative estimate of drug-likeness (QED) is 0.907. The van der Waals surface area contributed by atoms with Gasteiger partial charge in [0.15, 0.2) is 0 Å². The van der Waals surface area contributed by atoms with Crippen LogP contribution >= 0.6 is 0 Å². The summed E-state index contributed by atoms with van der Waals surface area (Å²) in [5.74, 6) is 0.445. The molecule has 0 unspecified atom stereocenters. The highest BCUT2D eigenvalue weighted by Gasteiger charge is 2.24. The second-order valence-electron chi connectivity index (χ2n) is 5.68. The van der Waals surface area contributed by atoms with Gasteiger partial charge < -0.3 is 10.2 Å². The van der Waals surface area contributed by atoms with Gasteiger partial charge >= 0.3 is 6.03 Å². The number of anilines is 1. The Labute approximate surface area is 137 Å². The Morgan fingerprint density at radius 1 is 1.26 bits per heavy atom. The van der Waals surface area contributed by atoms with E-state index in [1.54, 1.807) is 36.7 Å². The van der Waals surface area contributed by atoms with Crippen LogP contribution < -0.4 is 5.32 Å². The molecule has 6 nitrogen and oxygen atoms in total. The van der Waals surface area contributed by atoms with Crippen LogP contribution in [0.1, 0.15) is 24.5 Å². The van der Waals surface area contributed by atoms with Crippen molar-refractivity contribution in [2.24, 2.45) is 0 Å². The number of carbonyl (C=O) groups excluding carboxylic acids is 1. The molecule has 2 amide bonds. The zero-order valence-corrected chi connectivity index (χ0v) is 13.8. The van der Waals surface area contributed by atoms with Crippen molar-refractivity contribution in [3.05, 3.63) is 42.2 Å².